The molecule has 0 saturated heterocycles. The van der Waals surface area contributed by atoms with Gasteiger partial charge in [0.25, 0.3) is 0 Å². The van der Waals surface area contributed by atoms with Crippen molar-refractivity contribution < 1.29 is 4.79 Å². The summed E-state index contributed by atoms with van der Waals surface area (Å²) in [6, 6.07) is 0. The van der Waals surface area contributed by atoms with Gasteiger partial charge in [0, 0.05) is 6.42 Å². The molecule has 0 aromatic rings. The van der Waals surface area contributed by atoms with Gasteiger partial charge in [-0.1, -0.05) is 11.1 Å². The zero-order chi connectivity index (χ0) is 10.1. The molecule has 0 heterocycles. The number of carbonyl (C=O) groups is 1. The summed E-state index contributed by atoms with van der Waals surface area (Å²) in [5, 5.41) is 0. The van der Waals surface area contributed by atoms with Gasteiger partial charge in [0.15, 0.2) is 0 Å². The first-order chi connectivity index (χ1) is 5.54. The Balaban J connectivity index is 0. The third-order valence-electron chi connectivity index (χ3n) is 1.71. The number of carbonyl (C=O) groups excluding carboxylic acids is 1. The molecule has 0 aliphatic carbocycles. The highest BCUT2D eigenvalue weighted by molar-refractivity contribution is 5.75. The second-order valence-electron chi connectivity index (χ2n) is 2.98. The van der Waals surface area contributed by atoms with Crippen LogP contribution in [0.15, 0.2) is 11.1 Å². The molecule has 0 aliphatic rings. The van der Waals surface area contributed by atoms with Crippen LogP contribution in [0.5, 0.6) is 0 Å². The molecule has 0 saturated carbocycles. The standard InChI is InChI=1S/C9H16O.C2H2/c1-7(2)8(3)5-6-9(4)10;1-2/h5-6H2,1-4H3;1-2H. The van der Waals surface area contributed by atoms with Gasteiger partial charge in [-0.25, -0.2) is 0 Å². The Bertz CT molecular complexity index is 180. The van der Waals surface area contributed by atoms with E-state index in [9.17, 15) is 4.79 Å². The minimum Gasteiger partial charge on any atom is -0.300 e. The molecule has 0 fully saturated rings. The first kappa shape index (κ1) is 13.6. The van der Waals surface area contributed by atoms with Crippen LogP contribution in [-0.2, 0) is 4.79 Å². The van der Waals surface area contributed by atoms with Crippen LogP contribution in [0.2, 0.25) is 0 Å². The highest BCUT2D eigenvalue weighted by Crippen LogP contribution is 2.09. The molecule has 0 spiro atoms. The van der Waals surface area contributed by atoms with E-state index >= 15 is 0 Å². The van der Waals surface area contributed by atoms with Crippen molar-refractivity contribution in [3.63, 3.8) is 0 Å². The summed E-state index contributed by atoms with van der Waals surface area (Å²) in [4.78, 5) is 10.5. The van der Waals surface area contributed by atoms with Gasteiger partial charge in [-0.2, -0.15) is 0 Å². The monoisotopic (exact) mass is 166 g/mol. The second kappa shape index (κ2) is 8.07. The van der Waals surface area contributed by atoms with E-state index in [1.165, 1.54) is 11.1 Å². The largest absolute Gasteiger partial charge is 0.300 e. The molecule has 12 heavy (non-hydrogen) atoms. The Labute approximate surface area is 75.9 Å². The number of rotatable bonds is 3. The average molecular weight is 166 g/mol. The zero-order valence-corrected chi connectivity index (χ0v) is 8.48. The summed E-state index contributed by atoms with van der Waals surface area (Å²) in [6.07, 6.45) is 9.62. The molecule has 0 aliphatic heterocycles. The quantitative estimate of drug-likeness (QED) is 0.465. The van der Waals surface area contributed by atoms with Crippen LogP contribution in [0.3, 0.4) is 0 Å². The number of ketones is 1. The fourth-order valence-corrected chi connectivity index (χ4v) is 0.614. The number of Topliss-reactive ketones (excluding diaryl/α,β-unsaturated/α-hetero) is 1. The molecule has 0 rings (SSSR count). The molecule has 0 aromatic heterocycles. The van der Waals surface area contributed by atoms with Gasteiger partial charge in [0.05, 0.1) is 0 Å². The predicted molar refractivity (Wildman–Crippen MR) is 53.9 cm³/mol. The maximum absolute atomic E-state index is 10.5. The van der Waals surface area contributed by atoms with Crippen molar-refractivity contribution in [1.29, 1.82) is 0 Å². The van der Waals surface area contributed by atoms with Gasteiger partial charge < -0.3 is 4.79 Å². The Hall–Kier alpha value is -1.03. The van der Waals surface area contributed by atoms with Crippen molar-refractivity contribution in [2.24, 2.45) is 0 Å². The van der Waals surface area contributed by atoms with Gasteiger partial charge in [-0.3, -0.25) is 0 Å². The minimum absolute atomic E-state index is 0.278. The topological polar surface area (TPSA) is 17.1 Å². The smallest absolute Gasteiger partial charge is 0.130 e. The SMILES string of the molecule is C#C.CC(=O)CCC(C)=C(C)C. The van der Waals surface area contributed by atoms with Crippen LogP contribution in [0.25, 0.3) is 0 Å². The minimum atomic E-state index is 0.278. The molecule has 0 N–H and O–H groups in total. The van der Waals surface area contributed by atoms with Crippen LogP contribution in [-0.4, -0.2) is 5.78 Å². The first-order valence-electron chi connectivity index (χ1n) is 3.99. The molecule has 0 aromatic carbocycles. The van der Waals surface area contributed by atoms with E-state index in [-0.39, 0.29) is 5.78 Å². The van der Waals surface area contributed by atoms with Crippen LogP contribution in [0.1, 0.15) is 40.5 Å². The average Bonchev–Trinajstić information content (AvgIpc) is 2.03. The number of hydrogen-bond donors (Lipinski definition) is 0. The predicted octanol–water partition coefficient (Wildman–Crippen LogP) is 2.96. The van der Waals surface area contributed by atoms with Crippen molar-refractivity contribution >= 4 is 5.78 Å². The fourth-order valence-electron chi connectivity index (χ4n) is 0.614. The van der Waals surface area contributed by atoms with E-state index < -0.39 is 0 Å². The summed E-state index contributed by atoms with van der Waals surface area (Å²) in [5.41, 5.74) is 2.68. The second-order valence-corrected chi connectivity index (χ2v) is 2.98. The molecular weight excluding hydrogens is 148 g/mol. The summed E-state index contributed by atoms with van der Waals surface area (Å²) in [7, 11) is 0. The normalized spacial score (nSPS) is 7.83. The fraction of sp³-hybridized carbons (Fsp3) is 0.545. The van der Waals surface area contributed by atoms with Gasteiger partial charge in [0.2, 0.25) is 0 Å². The van der Waals surface area contributed by atoms with Crippen molar-refractivity contribution in [3.05, 3.63) is 11.1 Å². The molecule has 0 atom stereocenters. The van der Waals surface area contributed by atoms with Gasteiger partial charge in [0.1, 0.15) is 5.78 Å². The molecule has 0 radical (unpaired) electrons. The van der Waals surface area contributed by atoms with Crippen LogP contribution in [0.4, 0.5) is 0 Å². The lowest BCUT2D eigenvalue weighted by atomic mass is 10.1. The third-order valence-corrected chi connectivity index (χ3v) is 1.71. The Kier molecular flexibility index (Phi) is 9.11. The number of terminal acetylenes is 1. The van der Waals surface area contributed by atoms with Crippen LogP contribution in [0, 0.1) is 12.8 Å². The maximum Gasteiger partial charge on any atom is 0.130 e. The van der Waals surface area contributed by atoms with E-state index in [0.717, 1.165) is 6.42 Å². The van der Waals surface area contributed by atoms with E-state index in [4.69, 9.17) is 0 Å². The lowest BCUT2D eigenvalue weighted by Crippen LogP contribution is -1.90. The highest BCUT2D eigenvalue weighted by Gasteiger charge is 1.95. The first-order valence-corrected chi connectivity index (χ1v) is 3.99. The van der Waals surface area contributed by atoms with Gasteiger partial charge in [-0.15, -0.1) is 12.8 Å². The molecule has 1 nitrogen and oxygen atoms in total. The summed E-state index contributed by atoms with van der Waals surface area (Å²) >= 11 is 0. The van der Waals surface area contributed by atoms with Crippen molar-refractivity contribution in [3.8, 4) is 12.8 Å². The highest BCUT2D eigenvalue weighted by atomic mass is 16.1. The maximum atomic E-state index is 10.5. The van der Waals surface area contributed by atoms with E-state index in [2.05, 4.69) is 33.6 Å². The summed E-state index contributed by atoms with van der Waals surface area (Å²) in [5.74, 6) is 0.278. The Morgan fingerprint density at radius 1 is 1.00 bits per heavy atom. The molecule has 68 valence electrons. The lowest BCUT2D eigenvalue weighted by molar-refractivity contribution is -0.116. The van der Waals surface area contributed by atoms with Crippen LogP contribution >= 0.6 is 0 Å². The molecule has 0 unspecified atom stereocenters. The molecule has 0 amide bonds. The van der Waals surface area contributed by atoms with Crippen molar-refractivity contribution in [1.82, 2.24) is 0 Å². The summed E-state index contributed by atoms with van der Waals surface area (Å²) < 4.78 is 0. The van der Waals surface area contributed by atoms with E-state index in [1.807, 2.05) is 0 Å². The third kappa shape index (κ3) is 8.97. The number of allylic oxidation sites excluding steroid dienone is 2. The molecule has 1 heteroatoms. The van der Waals surface area contributed by atoms with Crippen LogP contribution < -0.4 is 0 Å². The van der Waals surface area contributed by atoms with Crippen molar-refractivity contribution in [2.45, 2.75) is 40.5 Å². The summed E-state index contributed by atoms with van der Waals surface area (Å²) in [6.45, 7) is 7.88. The van der Waals surface area contributed by atoms with E-state index in [1.54, 1.807) is 6.92 Å². The number of hydrogen-bond acceptors (Lipinski definition) is 1. The Morgan fingerprint density at radius 2 is 1.42 bits per heavy atom. The molecule has 0 bridgehead atoms. The van der Waals surface area contributed by atoms with E-state index in [0.29, 0.717) is 6.42 Å². The van der Waals surface area contributed by atoms with Gasteiger partial charge >= 0.3 is 0 Å². The van der Waals surface area contributed by atoms with Crippen molar-refractivity contribution in [2.75, 3.05) is 0 Å². The molecular formula is C11H18O. The Morgan fingerprint density at radius 3 is 1.67 bits per heavy atom. The zero-order valence-electron chi connectivity index (χ0n) is 8.48. The lowest BCUT2D eigenvalue weighted by Gasteiger charge is -2.00. The van der Waals surface area contributed by atoms with Gasteiger partial charge in [-0.05, 0) is 34.1 Å².